The molecular weight excluding hydrogens is 1380 g/mol. The van der Waals surface area contributed by atoms with E-state index >= 15 is 26.3 Å². The Morgan fingerprint density at radius 3 is 0.673 bits per heavy atom. The van der Waals surface area contributed by atoms with Gasteiger partial charge in [-0.1, -0.05) is 176 Å². The minimum Gasteiger partial charge on any atom is -0.309 e. The van der Waals surface area contributed by atoms with Crippen LogP contribution in [0.5, 0.6) is 0 Å². The van der Waals surface area contributed by atoms with E-state index in [-0.39, 0.29) is 40.0 Å². The largest absolute Gasteiger partial charge is 0.416 e. The summed E-state index contributed by atoms with van der Waals surface area (Å²) in [6.07, 6.45) is -9.76. The predicted molar refractivity (Wildman–Crippen MR) is 432 cm³/mol. The van der Waals surface area contributed by atoms with Crippen molar-refractivity contribution in [3.8, 4) is 68.3 Å². The number of hydrogen-bond acceptors (Lipinski definition) is 3. The van der Waals surface area contributed by atoms with Gasteiger partial charge in [0.05, 0.1) is 88.7 Å². The van der Waals surface area contributed by atoms with Crippen LogP contribution in [0.1, 0.15) is 11.1 Å². The van der Waals surface area contributed by atoms with Crippen LogP contribution in [0.15, 0.2) is 334 Å². The average Bonchev–Trinajstić information content (AvgIpc) is 1.55. The Morgan fingerprint density at radius 1 is 0.191 bits per heavy atom. The molecule has 0 aliphatic heterocycles. The number of rotatable bonds is 9. The standard InChI is InChI=1S/C95H55F6N9/c96-94(97,98)57-38-44-89(109-85-46-40-59(105-77-30-12-4-22-63(77)64-23-5-13-31-78(64)105)52-71(85)72-53-60(41-47-86(72)109)106-79-32-14-6-24-65(79)66-25-7-15-33-80(66)106)75(50-57)92-102-91(56-20-2-1-3-21-56)103-93(104-92)76-51-58(95(99,100)101)39-45-90(76)110-87-48-42-61(107-81-34-16-8-26-67(81)68-27-9-17-35-82(68)107)54-73(87)74-55-62(43-49-88(74)110)108-83-36-18-10-28-69(83)70-29-11-19-37-84(70)108/h1-55H. The zero-order chi connectivity index (χ0) is 73.4. The monoisotopic (exact) mass is 1440 g/mol. The maximum absolute atomic E-state index is 15.9. The molecule has 7 heterocycles. The first-order valence-electron chi connectivity index (χ1n) is 36.2. The second-order valence-corrected chi connectivity index (χ2v) is 28.1. The third-order valence-corrected chi connectivity index (χ3v) is 22.1. The molecule has 15 aromatic carbocycles. The van der Waals surface area contributed by atoms with Crippen molar-refractivity contribution in [2.24, 2.45) is 0 Å². The molecule has 0 aliphatic rings. The molecule has 0 aliphatic carbocycles. The molecule has 0 N–H and O–H groups in total. The highest BCUT2D eigenvalue weighted by Gasteiger charge is 2.35. The van der Waals surface area contributed by atoms with E-state index in [4.69, 9.17) is 15.0 Å². The summed E-state index contributed by atoms with van der Waals surface area (Å²) in [5.41, 5.74) is 12.8. The molecule has 110 heavy (non-hydrogen) atoms. The van der Waals surface area contributed by atoms with Crippen LogP contribution in [0.2, 0.25) is 0 Å². The topological polar surface area (TPSA) is 68.2 Å². The van der Waals surface area contributed by atoms with E-state index in [1.165, 1.54) is 12.1 Å². The van der Waals surface area contributed by atoms with Gasteiger partial charge in [-0.15, -0.1) is 0 Å². The highest BCUT2D eigenvalue weighted by atomic mass is 19.4. The summed E-state index contributed by atoms with van der Waals surface area (Å²) >= 11 is 0. The minimum atomic E-state index is -4.88. The number of halogens is 6. The van der Waals surface area contributed by atoms with E-state index in [1.54, 1.807) is 24.3 Å². The van der Waals surface area contributed by atoms with Crippen molar-refractivity contribution >= 4 is 131 Å². The molecule has 0 spiro atoms. The Labute approximate surface area is 621 Å². The first kappa shape index (κ1) is 63.0. The third kappa shape index (κ3) is 9.46. The molecule has 0 saturated carbocycles. The smallest absolute Gasteiger partial charge is 0.309 e. The molecule has 15 heteroatoms. The second-order valence-electron chi connectivity index (χ2n) is 28.1. The maximum atomic E-state index is 15.9. The first-order chi connectivity index (χ1) is 53.8. The van der Waals surface area contributed by atoms with E-state index in [1.807, 2.05) is 161 Å². The van der Waals surface area contributed by atoms with Crippen LogP contribution < -0.4 is 0 Å². The van der Waals surface area contributed by atoms with Crippen molar-refractivity contribution in [2.75, 3.05) is 0 Å². The highest BCUT2D eigenvalue weighted by molar-refractivity contribution is 6.17. The Balaban J connectivity index is 0.805. The molecule has 22 rings (SSSR count). The molecule has 522 valence electrons. The molecule has 0 saturated heterocycles. The van der Waals surface area contributed by atoms with Crippen molar-refractivity contribution in [1.82, 2.24) is 42.4 Å². The van der Waals surface area contributed by atoms with Gasteiger partial charge in [-0.3, -0.25) is 0 Å². The molecule has 7 aromatic heterocycles. The van der Waals surface area contributed by atoms with E-state index in [2.05, 4.69) is 140 Å². The number of alkyl halides is 6. The Hall–Kier alpha value is -14.3. The fourth-order valence-corrected chi connectivity index (χ4v) is 17.4. The Kier molecular flexibility index (Phi) is 13.5. The molecule has 0 radical (unpaired) electrons. The average molecular weight is 1440 g/mol. The molecule has 0 unspecified atom stereocenters. The van der Waals surface area contributed by atoms with Crippen LogP contribution >= 0.6 is 0 Å². The number of fused-ring (bicyclic) bond motifs is 18. The van der Waals surface area contributed by atoms with Gasteiger partial charge in [0, 0.05) is 104 Å². The summed E-state index contributed by atoms with van der Waals surface area (Å²) in [6.45, 7) is 0. The molecule has 0 bridgehead atoms. The lowest BCUT2D eigenvalue weighted by atomic mass is 10.0. The second kappa shape index (κ2) is 23.6. The van der Waals surface area contributed by atoms with Crippen LogP contribution in [0, 0.1) is 0 Å². The molecule has 0 fully saturated rings. The number of para-hydroxylation sites is 8. The first-order valence-corrected chi connectivity index (χ1v) is 36.2. The molecule has 9 nitrogen and oxygen atoms in total. The predicted octanol–water partition coefficient (Wildman–Crippen LogP) is 25.5. The maximum Gasteiger partial charge on any atom is 0.416 e. The van der Waals surface area contributed by atoms with Gasteiger partial charge in [0.2, 0.25) is 0 Å². The van der Waals surface area contributed by atoms with E-state index < -0.39 is 23.5 Å². The summed E-state index contributed by atoms with van der Waals surface area (Å²) in [4.78, 5) is 15.5. The van der Waals surface area contributed by atoms with Gasteiger partial charge in [-0.05, 0) is 158 Å². The van der Waals surface area contributed by atoms with Crippen LogP contribution in [0.3, 0.4) is 0 Å². The number of nitrogens with zero attached hydrogens (tertiary/aromatic N) is 9. The van der Waals surface area contributed by atoms with Gasteiger partial charge in [0.15, 0.2) is 17.5 Å². The van der Waals surface area contributed by atoms with Gasteiger partial charge in [0.25, 0.3) is 0 Å². The lowest BCUT2D eigenvalue weighted by molar-refractivity contribution is -0.138. The van der Waals surface area contributed by atoms with Crippen LogP contribution in [-0.2, 0) is 12.4 Å². The molecule has 0 amide bonds. The fraction of sp³-hybridized carbons (Fsp3) is 0.0211. The van der Waals surface area contributed by atoms with Crippen molar-refractivity contribution in [1.29, 1.82) is 0 Å². The lowest BCUT2D eigenvalue weighted by Gasteiger charge is -2.19. The summed E-state index contributed by atoms with van der Waals surface area (Å²) in [6, 6.07) is 107. The van der Waals surface area contributed by atoms with Crippen molar-refractivity contribution in [2.45, 2.75) is 12.4 Å². The normalized spacial score (nSPS) is 12.5. The molecule has 22 aromatic rings. The quantitative estimate of drug-likeness (QED) is 0.135. The SMILES string of the molecule is FC(F)(F)c1ccc(-n2c3ccc(-n4c5ccccc5c5ccccc54)cc3c3cc(-n4c5ccccc5c5ccccc54)ccc32)c(-c2nc(-c3ccccc3)nc(-c3cc(C(F)(F)F)ccc3-n3c4ccc(-n5c6ccccc6c6ccccc65)cc4c4cc(-n5c6ccccc6c6ccccc65)ccc43)n2)c1. The Bertz CT molecular complexity index is 6670. The zero-order valence-corrected chi connectivity index (χ0v) is 58.0. The van der Waals surface area contributed by atoms with Crippen LogP contribution in [0.4, 0.5) is 26.3 Å². The molecule has 0 atom stereocenters. The van der Waals surface area contributed by atoms with Gasteiger partial charge >= 0.3 is 12.4 Å². The van der Waals surface area contributed by atoms with E-state index in [9.17, 15) is 0 Å². The number of aromatic nitrogens is 9. The summed E-state index contributed by atoms with van der Waals surface area (Å²) in [7, 11) is 0. The van der Waals surface area contributed by atoms with Gasteiger partial charge < -0.3 is 27.4 Å². The summed E-state index contributed by atoms with van der Waals surface area (Å²) in [5, 5.41) is 11.7. The summed E-state index contributed by atoms with van der Waals surface area (Å²) < 4.78 is 108. The van der Waals surface area contributed by atoms with Crippen LogP contribution in [0.25, 0.3) is 199 Å². The number of benzene rings is 15. The minimum absolute atomic E-state index is 0.0139. The van der Waals surface area contributed by atoms with Gasteiger partial charge in [-0.25, -0.2) is 15.0 Å². The molecular formula is C95H55F6N9. The third-order valence-electron chi connectivity index (χ3n) is 22.1. The van der Waals surface area contributed by atoms with Crippen molar-refractivity contribution in [3.05, 3.63) is 345 Å². The fourth-order valence-electron chi connectivity index (χ4n) is 17.4. The lowest BCUT2D eigenvalue weighted by Crippen LogP contribution is -2.10. The highest BCUT2D eigenvalue weighted by Crippen LogP contribution is 2.47. The summed E-state index contributed by atoms with van der Waals surface area (Å²) in [5.74, 6) is -0.419. The van der Waals surface area contributed by atoms with Crippen molar-refractivity contribution in [3.63, 3.8) is 0 Å². The van der Waals surface area contributed by atoms with Crippen molar-refractivity contribution < 1.29 is 26.3 Å². The number of hydrogen-bond donors (Lipinski definition) is 0. The van der Waals surface area contributed by atoms with E-state index in [0.717, 1.165) is 156 Å². The zero-order valence-electron chi connectivity index (χ0n) is 58.0. The van der Waals surface area contributed by atoms with Gasteiger partial charge in [0.1, 0.15) is 0 Å². The Morgan fingerprint density at radius 2 is 0.418 bits per heavy atom. The van der Waals surface area contributed by atoms with Gasteiger partial charge in [-0.2, -0.15) is 26.3 Å². The van der Waals surface area contributed by atoms with E-state index in [0.29, 0.717) is 27.6 Å². The van der Waals surface area contributed by atoms with Crippen LogP contribution in [-0.4, -0.2) is 42.4 Å².